The lowest BCUT2D eigenvalue weighted by Gasteiger charge is -2.19. The lowest BCUT2D eigenvalue weighted by molar-refractivity contribution is 0.503. The van der Waals surface area contributed by atoms with E-state index < -0.39 is 0 Å². The largest absolute Gasteiger partial charge is 0.0958 e. The van der Waals surface area contributed by atoms with Crippen LogP contribution in [0.1, 0.15) is 64.2 Å². The lowest BCUT2D eigenvalue weighted by atomic mass is 9.34. The molecule has 1 fully saturated rings. The number of rotatable bonds is 3. The Morgan fingerprint density at radius 3 is 1.65 bits per heavy atom. The highest BCUT2D eigenvalue weighted by Gasteiger charge is 2.12. The summed E-state index contributed by atoms with van der Waals surface area (Å²) >= 11 is 0. The maximum atomic E-state index is 2.38. The zero-order valence-electron chi connectivity index (χ0n) is 12.3. The summed E-state index contributed by atoms with van der Waals surface area (Å²) in [6, 6.07) is 0. The quantitative estimate of drug-likeness (QED) is 0.652. The van der Waals surface area contributed by atoms with E-state index in [1.54, 1.807) is 0 Å². The van der Waals surface area contributed by atoms with E-state index in [0.717, 1.165) is 11.6 Å². The van der Waals surface area contributed by atoms with E-state index in [9.17, 15) is 0 Å². The maximum absolute atomic E-state index is 2.38. The Hall–Kier alpha value is 0.260. The fraction of sp³-hybridized carbons (Fsp3) is 1.00. The first-order chi connectivity index (χ1) is 8.36. The van der Waals surface area contributed by atoms with Crippen LogP contribution < -0.4 is 0 Å². The van der Waals surface area contributed by atoms with E-state index in [-0.39, 0.29) is 0 Å². The van der Waals surface area contributed by atoms with Crippen LogP contribution in [0.5, 0.6) is 0 Å². The van der Waals surface area contributed by atoms with E-state index in [1.807, 2.05) is 0 Å². The molecule has 0 spiro atoms. The van der Waals surface area contributed by atoms with Gasteiger partial charge in [-0.15, -0.1) is 0 Å². The third kappa shape index (κ3) is 7.32. The second-order valence-corrected chi connectivity index (χ2v) is 6.20. The SMILES string of the molecule is BB[C@H]1CCCCC[C@@H](BBC)CCCCC1. The van der Waals surface area contributed by atoms with Crippen LogP contribution in [0.4, 0.5) is 0 Å². The molecule has 0 atom stereocenters. The minimum atomic E-state index is 1.04. The Morgan fingerprint density at radius 2 is 1.24 bits per heavy atom. The summed E-state index contributed by atoms with van der Waals surface area (Å²) in [5.74, 6) is 2.10. The second kappa shape index (κ2) is 10.2. The van der Waals surface area contributed by atoms with E-state index >= 15 is 0 Å². The molecule has 0 unspecified atom stereocenters. The molecule has 94 valence electrons. The van der Waals surface area contributed by atoms with Gasteiger partial charge in [-0.05, 0) is 0 Å². The minimum absolute atomic E-state index is 1.04. The van der Waals surface area contributed by atoms with Gasteiger partial charge in [0.15, 0.2) is 0 Å². The molecule has 0 aromatic rings. The molecule has 4 heteroatoms. The maximum Gasteiger partial charge on any atom is 0.0901 e. The van der Waals surface area contributed by atoms with Crippen molar-refractivity contribution in [2.75, 3.05) is 0 Å². The molecular formula is C13H30B4. The van der Waals surface area contributed by atoms with Crippen molar-refractivity contribution in [2.24, 2.45) is 0 Å². The van der Waals surface area contributed by atoms with Crippen LogP contribution in [0.3, 0.4) is 0 Å². The van der Waals surface area contributed by atoms with Gasteiger partial charge in [-0.25, -0.2) is 0 Å². The first kappa shape index (κ1) is 15.3. The van der Waals surface area contributed by atoms with Crippen LogP contribution in [-0.2, 0) is 0 Å². The average Bonchev–Trinajstić information content (AvgIpc) is 2.33. The first-order valence-electron chi connectivity index (χ1n) is 8.36. The lowest BCUT2D eigenvalue weighted by Crippen LogP contribution is -2.10. The van der Waals surface area contributed by atoms with Crippen molar-refractivity contribution < 1.29 is 0 Å². The molecule has 0 heterocycles. The van der Waals surface area contributed by atoms with Crippen molar-refractivity contribution in [3.05, 3.63) is 0 Å². The summed E-state index contributed by atoms with van der Waals surface area (Å²) in [7, 11) is 6.67. The van der Waals surface area contributed by atoms with Crippen LogP contribution in [-0.4, -0.2) is 29.2 Å². The standard InChI is InChI=1S/C13H30B4/c1-15-17-13-10-6-2-4-8-12(16-14)9-5-3-7-11-13/h12-13,15-17H,2-11,14H2,1H3/t12-,13+. The Kier molecular flexibility index (Phi) is 9.20. The molecule has 0 aromatic heterocycles. The predicted octanol–water partition coefficient (Wildman–Crippen LogP) is 2.30. The fourth-order valence-corrected chi connectivity index (χ4v) is 3.48. The van der Waals surface area contributed by atoms with E-state index in [2.05, 4.69) is 14.6 Å². The summed E-state index contributed by atoms with van der Waals surface area (Å²) in [6.07, 6.45) is 15.0. The Labute approximate surface area is 112 Å². The zero-order valence-corrected chi connectivity index (χ0v) is 12.3. The zero-order chi connectivity index (χ0) is 12.3. The van der Waals surface area contributed by atoms with Crippen molar-refractivity contribution in [1.29, 1.82) is 0 Å². The molecule has 0 bridgehead atoms. The van der Waals surface area contributed by atoms with Gasteiger partial charge in [0, 0.05) is 0 Å². The summed E-state index contributed by atoms with van der Waals surface area (Å²) in [5, 5.41) is 0. The molecule has 1 rings (SSSR count). The van der Waals surface area contributed by atoms with Gasteiger partial charge in [-0.1, -0.05) is 82.7 Å². The topological polar surface area (TPSA) is 0 Å². The van der Waals surface area contributed by atoms with Crippen LogP contribution in [0.25, 0.3) is 0 Å². The second-order valence-electron chi connectivity index (χ2n) is 6.20. The first-order valence-corrected chi connectivity index (χ1v) is 8.36. The normalized spacial score (nSPS) is 28.5. The van der Waals surface area contributed by atoms with Crippen molar-refractivity contribution in [2.45, 2.75) is 82.7 Å². The van der Waals surface area contributed by atoms with Gasteiger partial charge >= 0.3 is 0 Å². The van der Waals surface area contributed by atoms with Gasteiger partial charge in [-0.3, -0.25) is 0 Å². The van der Waals surface area contributed by atoms with Gasteiger partial charge in [0.1, 0.15) is 0 Å². The smallest absolute Gasteiger partial charge is 0.0901 e. The minimum Gasteiger partial charge on any atom is -0.0958 e. The van der Waals surface area contributed by atoms with Crippen LogP contribution in [0.15, 0.2) is 0 Å². The summed E-state index contributed by atoms with van der Waals surface area (Å²) in [5.41, 5.74) is 0. The van der Waals surface area contributed by atoms with E-state index in [0.29, 0.717) is 0 Å². The summed E-state index contributed by atoms with van der Waals surface area (Å²) in [4.78, 5) is 0. The van der Waals surface area contributed by atoms with Crippen LogP contribution in [0, 0.1) is 0 Å². The monoisotopic (exact) mass is 230 g/mol. The van der Waals surface area contributed by atoms with Crippen LogP contribution >= 0.6 is 0 Å². The third-order valence-electron chi connectivity index (χ3n) is 4.72. The summed E-state index contributed by atoms with van der Waals surface area (Å²) < 4.78 is 0. The molecule has 1 saturated carbocycles. The number of hydrogen-bond donors (Lipinski definition) is 0. The molecule has 0 aliphatic heterocycles. The Morgan fingerprint density at radius 1 is 0.765 bits per heavy atom. The molecule has 1 aliphatic carbocycles. The molecular weight excluding hydrogens is 199 g/mol. The highest BCUT2D eigenvalue weighted by atomic mass is 14.1. The molecule has 0 nitrogen and oxygen atoms in total. The van der Waals surface area contributed by atoms with E-state index in [1.165, 1.54) is 85.7 Å². The fourth-order valence-electron chi connectivity index (χ4n) is 3.48. The molecule has 0 radical (unpaired) electrons. The van der Waals surface area contributed by atoms with Gasteiger partial charge in [0.25, 0.3) is 0 Å². The van der Waals surface area contributed by atoms with Crippen molar-refractivity contribution in [3.8, 4) is 0 Å². The van der Waals surface area contributed by atoms with Gasteiger partial charge < -0.3 is 0 Å². The van der Waals surface area contributed by atoms with Gasteiger partial charge in [0.05, 0.1) is 29.2 Å². The Bertz CT molecular complexity index is 161. The third-order valence-corrected chi connectivity index (χ3v) is 4.72. The molecule has 0 N–H and O–H groups in total. The molecule has 17 heavy (non-hydrogen) atoms. The predicted molar refractivity (Wildman–Crippen MR) is 89.5 cm³/mol. The van der Waals surface area contributed by atoms with Gasteiger partial charge in [0.2, 0.25) is 0 Å². The van der Waals surface area contributed by atoms with E-state index in [4.69, 9.17) is 0 Å². The van der Waals surface area contributed by atoms with Crippen molar-refractivity contribution in [3.63, 3.8) is 0 Å². The van der Waals surface area contributed by atoms with Gasteiger partial charge in [-0.2, -0.15) is 0 Å². The molecule has 0 aromatic carbocycles. The van der Waals surface area contributed by atoms with Crippen LogP contribution in [0.2, 0.25) is 18.5 Å². The molecule has 0 saturated heterocycles. The highest BCUT2D eigenvalue weighted by molar-refractivity contribution is 7.00. The van der Waals surface area contributed by atoms with Crippen molar-refractivity contribution >= 4 is 29.2 Å². The Balaban J connectivity index is 2.27. The van der Waals surface area contributed by atoms with Crippen molar-refractivity contribution in [1.82, 2.24) is 0 Å². The highest BCUT2D eigenvalue weighted by Crippen LogP contribution is 2.27. The molecule has 0 amide bonds. The summed E-state index contributed by atoms with van der Waals surface area (Å²) in [6.45, 7) is 2.35. The number of hydrogen-bond acceptors (Lipinski definition) is 0. The molecule has 1 aliphatic rings. The average molecular weight is 230 g/mol.